The summed E-state index contributed by atoms with van der Waals surface area (Å²) in [6, 6.07) is 13.7. The Morgan fingerprint density at radius 1 is 0.879 bits per heavy atom. The minimum atomic E-state index is 0.506. The predicted molar refractivity (Wildman–Crippen MR) is 134 cm³/mol. The third kappa shape index (κ3) is 6.04. The van der Waals surface area contributed by atoms with Crippen LogP contribution in [-0.2, 0) is 13.1 Å². The fraction of sp³-hybridized carbons (Fsp3) is 0.280. The molecule has 8 heteroatoms. The Bertz CT molecular complexity index is 1070. The Kier molecular flexibility index (Phi) is 8.32. The standard InChI is InChI=1S/C25H29N3O4S/c1-17-8-9-20(21(11-17)29-2)27-25(33)28(15-18-7-6-10-26-14-18)16-19-12-22(30-3)24(32-5)23(13-19)31-4/h6-14H,15-16H2,1-5H3,(H,27,33). The van der Waals surface area contributed by atoms with Crippen molar-refractivity contribution in [1.82, 2.24) is 9.88 Å². The van der Waals surface area contributed by atoms with Gasteiger partial charge in [-0.15, -0.1) is 0 Å². The molecule has 7 nitrogen and oxygen atoms in total. The average Bonchev–Trinajstić information content (AvgIpc) is 2.84. The van der Waals surface area contributed by atoms with Gasteiger partial charge in [0, 0.05) is 25.5 Å². The third-order valence-corrected chi connectivity index (χ3v) is 5.44. The van der Waals surface area contributed by atoms with Gasteiger partial charge in [-0.25, -0.2) is 0 Å². The quantitative estimate of drug-likeness (QED) is 0.449. The molecule has 1 N–H and O–H groups in total. The number of aromatic nitrogens is 1. The van der Waals surface area contributed by atoms with Crippen molar-refractivity contribution >= 4 is 23.0 Å². The highest BCUT2D eigenvalue weighted by Gasteiger charge is 2.18. The Hall–Kier alpha value is -3.52. The van der Waals surface area contributed by atoms with E-state index in [-0.39, 0.29) is 0 Å². The second-order valence-electron chi connectivity index (χ2n) is 7.38. The molecule has 0 fully saturated rings. The molecule has 3 rings (SSSR count). The molecule has 0 radical (unpaired) electrons. The normalized spacial score (nSPS) is 10.3. The van der Waals surface area contributed by atoms with E-state index in [4.69, 9.17) is 31.2 Å². The molecule has 1 heterocycles. The first-order valence-corrected chi connectivity index (χ1v) is 10.8. The van der Waals surface area contributed by atoms with Crippen molar-refractivity contribution in [1.29, 1.82) is 0 Å². The fourth-order valence-electron chi connectivity index (χ4n) is 3.45. The number of nitrogens with one attached hydrogen (secondary N) is 1. The Balaban J connectivity index is 1.93. The Labute approximate surface area is 200 Å². The van der Waals surface area contributed by atoms with Crippen molar-refractivity contribution in [3.63, 3.8) is 0 Å². The number of nitrogens with zero attached hydrogens (tertiary/aromatic N) is 2. The highest BCUT2D eigenvalue weighted by Crippen LogP contribution is 2.38. The number of methoxy groups -OCH3 is 4. The molecule has 174 valence electrons. The maximum absolute atomic E-state index is 5.82. The SMILES string of the molecule is COc1cc(C)ccc1NC(=S)N(Cc1cccnc1)Cc1cc(OC)c(OC)c(OC)c1. The first-order valence-electron chi connectivity index (χ1n) is 10.4. The zero-order valence-electron chi connectivity index (χ0n) is 19.5. The average molecular weight is 468 g/mol. The van der Waals surface area contributed by atoms with Crippen LogP contribution >= 0.6 is 12.2 Å². The summed E-state index contributed by atoms with van der Waals surface area (Å²) in [5.41, 5.74) is 3.89. The topological polar surface area (TPSA) is 65.1 Å². The van der Waals surface area contributed by atoms with Crippen molar-refractivity contribution in [3.05, 3.63) is 71.5 Å². The highest BCUT2D eigenvalue weighted by atomic mass is 32.1. The summed E-state index contributed by atoms with van der Waals surface area (Å²) in [4.78, 5) is 6.28. The highest BCUT2D eigenvalue weighted by molar-refractivity contribution is 7.80. The number of ether oxygens (including phenoxy) is 4. The van der Waals surface area contributed by atoms with E-state index in [2.05, 4.69) is 10.3 Å². The second kappa shape index (κ2) is 11.4. The van der Waals surface area contributed by atoms with Gasteiger partial charge in [0.25, 0.3) is 0 Å². The molecule has 0 amide bonds. The number of hydrogen-bond acceptors (Lipinski definition) is 6. The lowest BCUT2D eigenvalue weighted by atomic mass is 10.1. The van der Waals surface area contributed by atoms with E-state index < -0.39 is 0 Å². The smallest absolute Gasteiger partial charge is 0.203 e. The van der Waals surface area contributed by atoms with Crippen LogP contribution in [0.15, 0.2) is 54.9 Å². The van der Waals surface area contributed by atoms with Crippen LogP contribution in [0.1, 0.15) is 16.7 Å². The van der Waals surface area contributed by atoms with E-state index in [1.165, 1.54) is 0 Å². The largest absolute Gasteiger partial charge is 0.495 e. The molecule has 0 unspecified atom stereocenters. The molecule has 1 aromatic heterocycles. The molecule has 2 aromatic carbocycles. The first-order chi connectivity index (χ1) is 16.0. The van der Waals surface area contributed by atoms with E-state index in [1.54, 1.807) is 34.6 Å². The van der Waals surface area contributed by atoms with E-state index in [1.807, 2.05) is 60.5 Å². The van der Waals surface area contributed by atoms with Crippen LogP contribution in [0.4, 0.5) is 5.69 Å². The van der Waals surface area contributed by atoms with Gasteiger partial charge in [0.05, 0.1) is 34.1 Å². The molecule has 0 saturated heterocycles. The lowest BCUT2D eigenvalue weighted by molar-refractivity contribution is 0.322. The van der Waals surface area contributed by atoms with Crippen molar-refractivity contribution in [2.75, 3.05) is 33.8 Å². The van der Waals surface area contributed by atoms with Gasteiger partial charge in [-0.3, -0.25) is 4.98 Å². The van der Waals surface area contributed by atoms with Gasteiger partial charge in [-0.1, -0.05) is 12.1 Å². The van der Waals surface area contributed by atoms with Gasteiger partial charge in [-0.2, -0.15) is 0 Å². The van der Waals surface area contributed by atoms with Gasteiger partial charge in [0.15, 0.2) is 16.6 Å². The summed E-state index contributed by atoms with van der Waals surface area (Å²) in [7, 11) is 6.43. The van der Waals surface area contributed by atoms with Gasteiger partial charge in [0.1, 0.15) is 5.75 Å². The van der Waals surface area contributed by atoms with Crippen molar-refractivity contribution in [2.24, 2.45) is 0 Å². The number of pyridine rings is 1. The van der Waals surface area contributed by atoms with Crippen LogP contribution in [0.3, 0.4) is 0 Å². The second-order valence-corrected chi connectivity index (χ2v) is 7.77. The molecular weight excluding hydrogens is 438 g/mol. The van der Waals surface area contributed by atoms with E-state index in [0.29, 0.717) is 35.5 Å². The van der Waals surface area contributed by atoms with Crippen molar-refractivity contribution < 1.29 is 18.9 Å². The number of aryl methyl sites for hydroxylation is 1. The monoisotopic (exact) mass is 467 g/mol. The van der Waals surface area contributed by atoms with Crippen LogP contribution in [0.5, 0.6) is 23.0 Å². The molecular formula is C25H29N3O4S. The molecule has 33 heavy (non-hydrogen) atoms. The van der Waals surface area contributed by atoms with Crippen LogP contribution in [0, 0.1) is 6.92 Å². The van der Waals surface area contributed by atoms with Gasteiger partial charge >= 0.3 is 0 Å². The maximum atomic E-state index is 5.82. The fourth-order valence-corrected chi connectivity index (χ4v) is 3.69. The number of thiocarbonyl (C=S) groups is 1. The molecule has 0 aliphatic carbocycles. The Morgan fingerprint density at radius 3 is 2.12 bits per heavy atom. The molecule has 0 bridgehead atoms. The van der Waals surface area contributed by atoms with E-state index >= 15 is 0 Å². The number of anilines is 1. The molecule has 0 atom stereocenters. The predicted octanol–water partition coefficient (Wildman–Crippen LogP) is 4.82. The van der Waals surface area contributed by atoms with Crippen LogP contribution in [0.25, 0.3) is 0 Å². The lowest BCUT2D eigenvalue weighted by Gasteiger charge is -2.27. The molecule has 0 saturated carbocycles. The summed E-state index contributed by atoms with van der Waals surface area (Å²) >= 11 is 5.82. The van der Waals surface area contributed by atoms with E-state index in [9.17, 15) is 0 Å². The zero-order valence-corrected chi connectivity index (χ0v) is 20.4. The summed E-state index contributed by atoms with van der Waals surface area (Å²) in [5, 5.41) is 3.88. The van der Waals surface area contributed by atoms with Gasteiger partial charge in [0.2, 0.25) is 5.75 Å². The number of benzene rings is 2. The van der Waals surface area contributed by atoms with Gasteiger partial charge < -0.3 is 29.2 Å². The minimum absolute atomic E-state index is 0.506. The van der Waals surface area contributed by atoms with Gasteiger partial charge in [-0.05, 0) is 66.2 Å². The van der Waals surface area contributed by atoms with Crippen molar-refractivity contribution in [2.45, 2.75) is 20.0 Å². The summed E-state index contributed by atoms with van der Waals surface area (Å²) in [5.74, 6) is 2.46. The molecule has 0 aliphatic rings. The summed E-state index contributed by atoms with van der Waals surface area (Å²) in [6.07, 6.45) is 3.58. The minimum Gasteiger partial charge on any atom is -0.495 e. The summed E-state index contributed by atoms with van der Waals surface area (Å²) < 4.78 is 22.0. The van der Waals surface area contributed by atoms with Crippen LogP contribution in [0.2, 0.25) is 0 Å². The number of hydrogen-bond donors (Lipinski definition) is 1. The maximum Gasteiger partial charge on any atom is 0.203 e. The molecule has 0 spiro atoms. The zero-order chi connectivity index (χ0) is 23.8. The van der Waals surface area contributed by atoms with Crippen LogP contribution in [-0.4, -0.2) is 43.4 Å². The van der Waals surface area contributed by atoms with Crippen molar-refractivity contribution in [3.8, 4) is 23.0 Å². The Morgan fingerprint density at radius 2 is 1.55 bits per heavy atom. The number of rotatable bonds is 9. The van der Waals surface area contributed by atoms with Crippen LogP contribution < -0.4 is 24.3 Å². The van der Waals surface area contributed by atoms with E-state index in [0.717, 1.165) is 28.1 Å². The molecule has 0 aliphatic heterocycles. The summed E-state index contributed by atoms with van der Waals surface area (Å²) in [6.45, 7) is 3.08. The lowest BCUT2D eigenvalue weighted by Crippen LogP contribution is -2.34. The molecule has 3 aromatic rings. The first kappa shape index (κ1) is 24.1. The third-order valence-electron chi connectivity index (χ3n) is 5.08.